The zero-order chi connectivity index (χ0) is 28.6. The fraction of sp³-hybridized carbons (Fsp3) is 0.0625. The Morgan fingerprint density at radius 1 is 0.952 bits per heavy atom. The lowest BCUT2D eigenvalue weighted by atomic mass is 10.0. The van der Waals surface area contributed by atoms with Crippen molar-refractivity contribution in [3.63, 3.8) is 0 Å². The number of aromatic amines is 2. The Morgan fingerprint density at radius 2 is 1.83 bits per heavy atom. The van der Waals surface area contributed by atoms with Gasteiger partial charge in [0, 0.05) is 23.5 Å². The number of carbonyl (C=O) groups excluding carboxylic acids is 1. The summed E-state index contributed by atoms with van der Waals surface area (Å²) >= 11 is 0. The second-order valence-electron chi connectivity index (χ2n) is 10.00. The molecule has 0 spiro atoms. The molecular formula is C32H23FN8O. The molecule has 0 aliphatic rings. The fourth-order valence-corrected chi connectivity index (χ4v) is 5.02. The van der Waals surface area contributed by atoms with Gasteiger partial charge in [0.05, 0.1) is 35.0 Å². The van der Waals surface area contributed by atoms with E-state index in [-0.39, 0.29) is 18.1 Å². The lowest BCUT2D eigenvalue weighted by Gasteiger charge is -2.07. The van der Waals surface area contributed by atoms with Crippen molar-refractivity contribution < 1.29 is 9.18 Å². The van der Waals surface area contributed by atoms with Gasteiger partial charge in [0.2, 0.25) is 5.91 Å². The minimum Gasteiger partial charge on any atom is -0.335 e. The van der Waals surface area contributed by atoms with Crippen LogP contribution in [0.15, 0.2) is 91.4 Å². The molecule has 0 unspecified atom stereocenters. The molecule has 0 radical (unpaired) electrons. The number of fused-ring (bicyclic) bond motifs is 2. The maximum atomic E-state index is 14.2. The summed E-state index contributed by atoms with van der Waals surface area (Å²) in [7, 11) is 0. The normalized spacial score (nSPS) is 11.3. The molecule has 7 rings (SSSR count). The first-order chi connectivity index (χ1) is 20.5. The van der Waals surface area contributed by atoms with E-state index in [2.05, 4.69) is 35.5 Å². The number of pyridine rings is 3. The highest BCUT2D eigenvalue weighted by Crippen LogP contribution is 2.32. The van der Waals surface area contributed by atoms with Crippen LogP contribution >= 0.6 is 0 Å². The molecule has 0 saturated carbocycles. The fourth-order valence-electron chi connectivity index (χ4n) is 5.02. The molecule has 5 aromatic heterocycles. The summed E-state index contributed by atoms with van der Waals surface area (Å²) in [5, 5.41) is 10.4. The summed E-state index contributed by atoms with van der Waals surface area (Å²) in [5.74, 6) is 0.0417. The van der Waals surface area contributed by atoms with E-state index < -0.39 is 0 Å². The van der Waals surface area contributed by atoms with Crippen molar-refractivity contribution in [3.8, 4) is 33.9 Å². The van der Waals surface area contributed by atoms with Crippen molar-refractivity contribution in [3.05, 3.63) is 108 Å². The van der Waals surface area contributed by atoms with E-state index in [1.54, 1.807) is 18.6 Å². The summed E-state index contributed by atoms with van der Waals surface area (Å²) in [5.41, 5.74) is 8.23. The van der Waals surface area contributed by atoms with E-state index in [4.69, 9.17) is 4.98 Å². The van der Waals surface area contributed by atoms with Crippen LogP contribution in [-0.4, -0.2) is 41.0 Å². The van der Waals surface area contributed by atoms with Crippen molar-refractivity contribution in [2.75, 3.05) is 5.32 Å². The first-order valence-electron chi connectivity index (χ1n) is 13.3. The Bertz CT molecular complexity index is 2080. The summed E-state index contributed by atoms with van der Waals surface area (Å²) in [6, 6.07) is 21.9. The van der Waals surface area contributed by atoms with Crippen LogP contribution in [0.1, 0.15) is 11.1 Å². The lowest BCUT2D eigenvalue weighted by Crippen LogP contribution is -2.14. The molecule has 10 heteroatoms. The number of amides is 1. The lowest BCUT2D eigenvalue weighted by molar-refractivity contribution is -0.115. The minimum absolute atomic E-state index is 0.132. The molecule has 42 heavy (non-hydrogen) atoms. The van der Waals surface area contributed by atoms with Crippen LogP contribution in [0.5, 0.6) is 0 Å². The topological polar surface area (TPSA) is 125 Å². The first kappa shape index (κ1) is 25.2. The standard InChI is InChI=1S/C32H23FN8O/c1-18-11-20(14-22(33)12-18)24-9-10-35-31-28(24)38-32(39-31)30-29-26(40-41-30)8-7-25(37-29)21-15-23(17-34-16-21)36-27(42)13-19-5-3-2-4-6-19/h2-12,14-17H,13H2,1H3,(H,36,42)(H,40,41)(H,35,38,39). The van der Waals surface area contributed by atoms with E-state index in [9.17, 15) is 9.18 Å². The quantitative estimate of drug-likeness (QED) is 0.223. The smallest absolute Gasteiger partial charge is 0.228 e. The van der Waals surface area contributed by atoms with Gasteiger partial charge in [0.1, 0.15) is 11.3 Å². The summed E-state index contributed by atoms with van der Waals surface area (Å²) < 4.78 is 14.2. The van der Waals surface area contributed by atoms with Gasteiger partial charge in [-0.1, -0.05) is 36.4 Å². The van der Waals surface area contributed by atoms with Crippen LogP contribution in [0.4, 0.5) is 10.1 Å². The van der Waals surface area contributed by atoms with Gasteiger partial charge in [0.15, 0.2) is 17.2 Å². The molecule has 9 nitrogen and oxygen atoms in total. The van der Waals surface area contributed by atoms with Crippen molar-refractivity contribution in [1.82, 2.24) is 35.1 Å². The van der Waals surface area contributed by atoms with E-state index >= 15 is 0 Å². The molecular weight excluding hydrogens is 531 g/mol. The van der Waals surface area contributed by atoms with Gasteiger partial charge in [-0.25, -0.2) is 19.3 Å². The van der Waals surface area contributed by atoms with E-state index in [0.29, 0.717) is 39.6 Å². The third kappa shape index (κ3) is 4.86. The van der Waals surface area contributed by atoms with Crippen LogP contribution in [0, 0.1) is 12.7 Å². The number of rotatable bonds is 6. The molecule has 3 N–H and O–H groups in total. The molecule has 0 fully saturated rings. The predicted molar refractivity (Wildman–Crippen MR) is 159 cm³/mol. The van der Waals surface area contributed by atoms with Gasteiger partial charge < -0.3 is 10.3 Å². The molecule has 0 saturated heterocycles. The summed E-state index contributed by atoms with van der Waals surface area (Å²) in [6.07, 6.45) is 5.22. The summed E-state index contributed by atoms with van der Waals surface area (Å²) in [6.45, 7) is 1.85. The monoisotopic (exact) mass is 554 g/mol. The first-order valence-corrected chi connectivity index (χ1v) is 13.3. The average Bonchev–Trinajstić information content (AvgIpc) is 3.61. The Morgan fingerprint density at radius 3 is 2.69 bits per heavy atom. The maximum Gasteiger partial charge on any atom is 0.228 e. The number of halogens is 1. The zero-order valence-corrected chi connectivity index (χ0v) is 22.4. The number of nitrogens with zero attached hydrogens (tertiary/aromatic N) is 5. The van der Waals surface area contributed by atoms with E-state index in [1.807, 2.05) is 67.6 Å². The van der Waals surface area contributed by atoms with Crippen LogP contribution in [-0.2, 0) is 11.2 Å². The molecule has 0 bridgehead atoms. The van der Waals surface area contributed by atoms with Crippen molar-refractivity contribution in [2.24, 2.45) is 0 Å². The van der Waals surface area contributed by atoms with Gasteiger partial charge in [-0.3, -0.25) is 14.9 Å². The number of imidazole rings is 1. The molecule has 2 aromatic carbocycles. The molecule has 7 aromatic rings. The number of nitrogens with one attached hydrogen (secondary N) is 3. The second-order valence-corrected chi connectivity index (χ2v) is 10.00. The highest BCUT2D eigenvalue weighted by atomic mass is 19.1. The number of aryl methyl sites for hydroxylation is 1. The third-order valence-electron chi connectivity index (χ3n) is 6.90. The predicted octanol–water partition coefficient (Wildman–Crippen LogP) is 6.25. The maximum absolute atomic E-state index is 14.2. The number of aromatic nitrogens is 7. The van der Waals surface area contributed by atoms with Crippen molar-refractivity contribution in [2.45, 2.75) is 13.3 Å². The number of H-pyrrole nitrogens is 2. The molecule has 5 heterocycles. The Hall–Kier alpha value is -5.77. The highest BCUT2D eigenvalue weighted by Gasteiger charge is 2.18. The van der Waals surface area contributed by atoms with Crippen LogP contribution in [0.3, 0.4) is 0 Å². The molecule has 0 aliphatic heterocycles. The third-order valence-corrected chi connectivity index (χ3v) is 6.90. The number of benzene rings is 2. The Kier molecular flexibility index (Phi) is 6.20. The van der Waals surface area contributed by atoms with E-state index in [1.165, 1.54) is 12.1 Å². The van der Waals surface area contributed by atoms with Gasteiger partial charge >= 0.3 is 0 Å². The zero-order valence-electron chi connectivity index (χ0n) is 22.4. The summed E-state index contributed by atoms with van der Waals surface area (Å²) in [4.78, 5) is 34.2. The molecule has 0 aliphatic carbocycles. The minimum atomic E-state index is -0.306. The average molecular weight is 555 g/mol. The number of carbonyl (C=O) groups is 1. The van der Waals surface area contributed by atoms with Crippen LogP contribution < -0.4 is 5.32 Å². The van der Waals surface area contributed by atoms with Gasteiger partial charge in [-0.15, -0.1) is 0 Å². The number of hydrogen-bond donors (Lipinski definition) is 3. The van der Waals surface area contributed by atoms with Crippen molar-refractivity contribution in [1.29, 1.82) is 0 Å². The Balaban J connectivity index is 1.22. The van der Waals surface area contributed by atoms with Crippen molar-refractivity contribution >= 4 is 33.8 Å². The SMILES string of the molecule is Cc1cc(F)cc(-c2ccnc3nc(-c4n[nH]c5ccc(-c6cncc(NC(=O)Cc7ccccc7)c6)nc45)[nH]c23)c1. The highest BCUT2D eigenvalue weighted by molar-refractivity contribution is 5.95. The molecule has 0 atom stereocenters. The molecule has 204 valence electrons. The largest absolute Gasteiger partial charge is 0.335 e. The number of hydrogen-bond acceptors (Lipinski definition) is 6. The number of anilines is 1. The van der Waals surface area contributed by atoms with Crippen LogP contribution in [0.25, 0.3) is 56.1 Å². The van der Waals surface area contributed by atoms with E-state index in [0.717, 1.165) is 33.3 Å². The second kappa shape index (κ2) is 10.3. The van der Waals surface area contributed by atoms with Gasteiger partial charge in [-0.2, -0.15) is 5.10 Å². The van der Waals surface area contributed by atoms with Gasteiger partial charge in [-0.05, 0) is 60.0 Å². The molecule has 1 amide bonds. The Labute approximate surface area is 238 Å². The van der Waals surface area contributed by atoms with Crippen LogP contribution in [0.2, 0.25) is 0 Å². The van der Waals surface area contributed by atoms with Gasteiger partial charge in [0.25, 0.3) is 0 Å².